The Morgan fingerprint density at radius 1 is 1.00 bits per heavy atom. The van der Waals surface area contributed by atoms with Crippen LogP contribution in [0.2, 0.25) is 0 Å². The lowest BCUT2D eigenvalue weighted by molar-refractivity contribution is -0.230. The fraction of sp³-hybridized carbons (Fsp3) is 0.963. The summed E-state index contributed by atoms with van der Waals surface area (Å²) in [6, 6.07) is 0. The molecule has 0 saturated heterocycles. The topological polar surface area (TPSA) is 77.8 Å². The van der Waals surface area contributed by atoms with Crippen LogP contribution in [0.3, 0.4) is 0 Å². The Balaban J connectivity index is 1.67. The minimum atomic E-state index is -0.687. The molecule has 4 saturated carbocycles. The first-order chi connectivity index (χ1) is 14.5. The number of rotatable bonds is 5. The quantitative estimate of drug-likeness (QED) is 0.533. The molecule has 4 heteroatoms. The highest BCUT2D eigenvalue weighted by Crippen LogP contribution is 2.74. The van der Waals surface area contributed by atoms with Crippen molar-refractivity contribution in [1.29, 1.82) is 0 Å². The van der Waals surface area contributed by atoms with Crippen molar-refractivity contribution in [2.75, 3.05) is 0 Å². The Labute approximate surface area is 189 Å². The van der Waals surface area contributed by atoms with E-state index in [1.54, 1.807) is 0 Å². The van der Waals surface area contributed by atoms with Crippen LogP contribution >= 0.6 is 0 Å². The molecule has 0 aromatic rings. The van der Waals surface area contributed by atoms with E-state index in [9.17, 15) is 20.1 Å². The van der Waals surface area contributed by atoms with Crippen molar-refractivity contribution in [3.05, 3.63) is 0 Å². The molecule has 178 valence electrons. The summed E-state index contributed by atoms with van der Waals surface area (Å²) in [5.41, 5.74) is 0.499. The highest BCUT2D eigenvalue weighted by atomic mass is 16.4. The van der Waals surface area contributed by atoms with Crippen LogP contribution in [0.15, 0.2) is 0 Å². The van der Waals surface area contributed by atoms with E-state index < -0.39 is 5.97 Å². The van der Waals surface area contributed by atoms with Gasteiger partial charge in [-0.05, 0) is 103 Å². The zero-order chi connectivity index (χ0) is 22.8. The molecule has 4 fully saturated rings. The molecule has 4 nitrogen and oxygen atoms in total. The fourth-order valence-electron chi connectivity index (χ4n) is 9.90. The van der Waals surface area contributed by atoms with Crippen LogP contribution in [0.5, 0.6) is 0 Å². The monoisotopic (exact) mass is 434 g/mol. The summed E-state index contributed by atoms with van der Waals surface area (Å²) in [5.74, 6) is 1.84. The molecule has 4 rings (SSSR count). The van der Waals surface area contributed by atoms with Crippen molar-refractivity contribution in [2.45, 2.75) is 111 Å². The van der Waals surface area contributed by atoms with E-state index in [4.69, 9.17) is 0 Å². The van der Waals surface area contributed by atoms with Gasteiger partial charge < -0.3 is 15.3 Å². The molecule has 0 heterocycles. The van der Waals surface area contributed by atoms with Crippen molar-refractivity contribution in [1.82, 2.24) is 0 Å². The van der Waals surface area contributed by atoms with Gasteiger partial charge in [0.1, 0.15) is 0 Å². The van der Waals surface area contributed by atoms with Gasteiger partial charge in [-0.2, -0.15) is 0 Å². The molecule has 4 aliphatic carbocycles. The standard InChI is InChI=1S/C27H46O4/c1-6-18-21-15-17(28)9-12-25(21,3)20-11-13-26(4)19(16(2)7-8-22(29)30)10-14-27(26,5)23(20)24(18)31/h16-21,23-24,28,31H,6-15H2,1-5H3,(H,29,30)/t16?,17-,18-,19-,20+,21+,23+,24-,25-,26-,27+/m1/s1. The Bertz CT molecular complexity index is 693. The number of aliphatic hydroxyl groups excluding tert-OH is 2. The van der Waals surface area contributed by atoms with E-state index in [2.05, 4.69) is 34.6 Å². The summed E-state index contributed by atoms with van der Waals surface area (Å²) in [5, 5.41) is 31.5. The highest BCUT2D eigenvalue weighted by Gasteiger charge is 2.69. The van der Waals surface area contributed by atoms with E-state index in [-0.39, 0.29) is 40.8 Å². The van der Waals surface area contributed by atoms with Gasteiger partial charge in [0.15, 0.2) is 0 Å². The molecule has 0 spiro atoms. The van der Waals surface area contributed by atoms with E-state index >= 15 is 0 Å². The average Bonchev–Trinajstić information content (AvgIpc) is 2.99. The molecule has 4 aliphatic rings. The third-order valence-electron chi connectivity index (χ3n) is 11.8. The molecule has 0 aromatic heterocycles. The average molecular weight is 435 g/mol. The van der Waals surface area contributed by atoms with Crippen LogP contribution in [-0.2, 0) is 4.79 Å². The SMILES string of the molecule is CC[C@H]1[C@@H](O)[C@@H]2[C@H](CC[C@]3(C)[C@@H](C(C)CCC(=O)O)CC[C@@]23C)[C@@]2(C)CC[C@@H](O)C[C@@H]12. The van der Waals surface area contributed by atoms with Crippen molar-refractivity contribution in [3.63, 3.8) is 0 Å². The number of carboxylic acids is 1. The van der Waals surface area contributed by atoms with Crippen LogP contribution in [0.25, 0.3) is 0 Å². The second kappa shape index (κ2) is 8.01. The van der Waals surface area contributed by atoms with E-state index in [0.717, 1.165) is 38.5 Å². The van der Waals surface area contributed by atoms with Gasteiger partial charge in [0.05, 0.1) is 12.2 Å². The minimum absolute atomic E-state index is 0.106. The Morgan fingerprint density at radius 3 is 2.32 bits per heavy atom. The first-order valence-electron chi connectivity index (χ1n) is 13.1. The number of aliphatic carboxylic acids is 1. The van der Waals surface area contributed by atoms with Gasteiger partial charge in [0.2, 0.25) is 0 Å². The lowest BCUT2D eigenvalue weighted by Crippen LogP contribution is -2.65. The van der Waals surface area contributed by atoms with Gasteiger partial charge in [-0.1, -0.05) is 41.0 Å². The summed E-state index contributed by atoms with van der Waals surface area (Å²) in [6.07, 6.45) is 9.08. The number of hydrogen-bond donors (Lipinski definition) is 3. The third-order valence-corrected chi connectivity index (χ3v) is 11.8. The lowest BCUT2D eigenvalue weighted by Gasteiger charge is -2.68. The fourth-order valence-corrected chi connectivity index (χ4v) is 9.90. The summed E-state index contributed by atoms with van der Waals surface area (Å²) in [4.78, 5) is 11.2. The summed E-state index contributed by atoms with van der Waals surface area (Å²) in [6.45, 7) is 11.9. The molecule has 31 heavy (non-hydrogen) atoms. The van der Waals surface area contributed by atoms with Gasteiger partial charge >= 0.3 is 5.97 Å². The maximum Gasteiger partial charge on any atom is 0.303 e. The van der Waals surface area contributed by atoms with Crippen molar-refractivity contribution < 1.29 is 20.1 Å². The molecule has 0 aromatic carbocycles. The molecular formula is C27H46O4. The molecular weight excluding hydrogens is 388 g/mol. The predicted molar refractivity (Wildman–Crippen MR) is 122 cm³/mol. The van der Waals surface area contributed by atoms with E-state index in [0.29, 0.717) is 29.6 Å². The van der Waals surface area contributed by atoms with Crippen molar-refractivity contribution in [2.24, 2.45) is 51.8 Å². The normalized spacial score (nSPS) is 52.7. The number of carboxylic acid groups (broad SMARTS) is 1. The van der Waals surface area contributed by atoms with Crippen molar-refractivity contribution in [3.8, 4) is 0 Å². The second-order valence-electron chi connectivity index (χ2n) is 12.7. The number of fused-ring (bicyclic) bond motifs is 5. The summed E-state index contributed by atoms with van der Waals surface area (Å²) in [7, 11) is 0. The second-order valence-corrected chi connectivity index (χ2v) is 12.7. The molecule has 0 bridgehead atoms. The Hall–Kier alpha value is -0.610. The number of carbonyl (C=O) groups is 1. The maximum absolute atomic E-state index is 11.9. The number of aliphatic hydroxyl groups is 2. The molecule has 1 unspecified atom stereocenters. The zero-order valence-corrected chi connectivity index (χ0v) is 20.4. The smallest absolute Gasteiger partial charge is 0.303 e. The van der Waals surface area contributed by atoms with Crippen molar-refractivity contribution >= 4 is 5.97 Å². The first kappa shape index (κ1) is 23.5. The molecule has 0 radical (unpaired) electrons. The van der Waals surface area contributed by atoms with Gasteiger partial charge in [0.25, 0.3) is 0 Å². The molecule has 3 N–H and O–H groups in total. The van der Waals surface area contributed by atoms with Crippen LogP contribution in [0.1, 0.15) is 98.8 Å². The highest BCUT2D eigenvalue weighted by molar-refractivity contribution is 5.66. The van der Waals surface area contributed by atoms with Crippen LogP contribution in [0.4, 0.5) is 0 Å². The third kappa shape index (κ3) is 3.33. The van der Waals surface area contributed by atoms with Crippen LogP contribution in [-0.4, -0.2) is 33.5 Å². The summed E-state index contributed by atoms with van der Waals surface area (Å²) >= 11 is 0. The van der Waals surface area contributed by atoms with Gasteiger partial charge in [-0.3, -0.25) is 4.79 Å². The lowest BCUT2D eigenvalue weighted by atomic mass is 9.38. The van der Waals surface area contributed by atoms with E-state index in [1.807, 2.05) is 0 Å². The van der Waals surface area contributed by atoms with E-state index in [1.165, 1.54) is 19.3 Å². The Morgan fingerprint density at radius 2 is 1.68 bits per heavy atom. The first-order valence-corrected chi connectivity index (χ1v) is 13.1. The molecule has 0 aliphatic heterocycles. The largest absolute Gasteiger partial charge is 0.481 e. The molecule has 11 atom stereocenters. The summed E-state index contributed by atoms with van der Waals surface area (Å²) < 4.78 is 0. The van der Waals surface area contributed by atoms with Crippen LogP contribution < -0.4 is 0 Å². The van der Waals surface area contributed by atoms with Gasteiger partial charge in [0, 0.05) is 6.42 Å². The number of hydrogen-bond acceptors (Lipinski definition) is 3. The predicted octanol–water partition coefficient (Wildman–Crippen LogP) is 5.50. The molecule has 0 amide bonds. The van der Waals surface area contributed by atoms with Gasteiger partial charge in [-0.25, -0.2) is 0 Å². The Kier molecular flexibility index (Phi) is 6.08. The zero-order valence-electron chi connectivity index (χ0n) is 20.4. The van der Waals surface area contributed by atoms with Crippen LogP contribution in [0, 0.1) is 51.8 Å². The van der Waals surface area contributed by atoms with Gasteiger partial charge in [-0.15, -0.1) is 0 Å². The maximum atomic E-state index is 11.9. The minimum Gasteiger partial charge on any atom is -0.481 e.